The van der Waals surface area contributed by atoms with Gasteiger partial charge in [0, 0.05) is 25.4 Å². The van der Waals surface area contributed by atoms with Crippen molar-refractivity contribution in [2.45, 2.75) is 51.5 Å². The first-order valence-corrected chi connectivity index (χ1v) is 8.97. The first-order chi connectivity index (χ1) is 11.6. The molecule has 0 radical (unpaired) electrons. The van der Waals surface area contributed by atoms with Crippen molar-refractivity contribution in [2.24, 2.45) is 0 Å². The number of nitrogens with zero attached hydrogens (tertiary/aromatic N) is 2. The van der Waals surface area contributed by atoms with Gasteiger partial charge in [0.05, 0.1) is 0 Å². The average molecular weight is 344 g/mol. The molecule has 0 aliphatic heterocycles. The number of carbonyl (C=O) groups is 1. The normalized spacial score (nSPS) is 16.4. The van der Waals surface area contributed by atoms with Crippen molar-refractivity contribution in [3.05, 3.63) is 46.0 Å². The van der Waals surface area contributed by atoms with Gasteiger partial charge in [-0.1, -0.05) is 24.3 Å². The zero-order chi connectivity index (χ0) is 17.1. The van der Waals surface area contributed by atoms with Gasteiger partial charge in [-0.25, -0.2) is 0 Å². The highest BCUT2D eigenvalue weighted by Crippen LogP contribution is 2.34. The van der Waals surface area contributed by atoms with Gasteiger partial charge in [0.1, 0.15) is 5.82 Å². The average Bonchev–Trinajstić information content (AvgIpc) is 3.12. The Labute approximate surface area is 147 Å². The van der Waals surface area contributed by atoms with Crippen LogP contribution in [0.4, 0.5) is 0 Å². The molecule has 0 spiro atoms. The number of benzene rings is 1. The molecule has 0 bridgehead atoms. The number of nitrogens with one attached hydrogen (secondary N) is 2. The summed E-state index contributed by atoms with van der Waals surface area (Å²) in [5.74, 6) is 1.36. The Morgan fingerprint density at radius 3 is 3.04 bits per heavy atom. The summed E-state index contributed by atoms with van der Waals surface area (Å²) < 4.78 is 2.63. The lowest BCUT2D eigenvalue weighted by Gasteiger charge is -2.13. The lowest BCUT2D eigenvalue weighted by atomic mass is 9.97. The third-order valence-corrected chi connectivity index (χ3v) is 4.94. The molecule has 3 rings (SSSR count). The number of aromatic nitrogens is 3. The summed E-state index contributed by atoms with van der Waals surface area (Å²) in [6, 6.07) is 8.71. The van der Waals surface area contributed by atoms with Gasteiger partial charge in [0.2, 0.25) is 5.91 Å². The topological polar surface area (TPSA) is 62.7 Å². The number of aromatic amines is 1. The molecule has 2 aromatic rings. The van der Waals surface area contributed by atoms with E-state index in [4.69, 9.17) is 12.2 Å². The Bertz CT molecular complexity index is 777. The van der Waals surface area contributed by atoms with E-state index in [-0.39, 0.29) is 11.9 Å². The maximum Gasteiger partial charge on any atom is 0.220 e. The number of carbonyl (C=O) groups excluding carboxylic acids is 1. The SMILES string of the molecule is CC(C)n1c(CCNC(=O)C[C@@H]2CCc3ccccc32)n[nH]c1=S. The molecule has 1 atom stereocenters. The van der Waals surface area contributed by atoms with E-state index in [1.807, 2.05) is 4.57 Å². The van der Waals surface area contributed by atoms with E-state index in [1.54, 1.807) is 0 Å². The summed E-state index contributed by atoms with van der Waals surface area (Å²) in [7, 11) is 0. The molecular weight excluding hydrogens is 320 g/mol. The summed E-state index contributed by atoms with van der Waals surface area (Å²) in [6.07, 6.45) is 3.39. The lowest BCUT2D eigenvalue weighted by molar-refractivity contribution is -0.121. The van der Waals surface area contributed by atoms with Gasteiger partial charge in [0.25, 0.3) is 0 Å². The highest BCUT2D eigenvalue weighted by Gasteiger charge is 2.24. The smallest absolute Gasteiger partial charge is 0.220 e. The number of hydrogen-bond acceptors (Lipinski definition) is 3. The van der Waals surface area contributed by atoms with Crippen LogP contribution in [-0.4, -0.2) is 27.2 Å². The van der Waals surface area contributed by atoms with E-state index in [0.29, 0.717) is 30.1 Å². The lowest BCUT2D eigenvalue weighted by Crippen LogP contribution is -2.27. The Morgan fingerprint density at radius 1 is 1.46 bits per heavy atom. The summed E-state index contributed by atoms with van der Waals surface area (Å²) >= 11 is 5.24. The van der Waals surface area contributed by atoms with Crippen LogP contribution in [0.2, 0.25) is 0 Å². The van der Waals surface area contributed by atoms with Gasteiger partial charge < -0.3 is 9.88 Å². The molecule has 1 aliphatic rings. The third-order valence-electron chi connectivity index (χ3n) is 4.65. The van der Waals surface area contributed by atoms with E-state index in [2.05, 4.69) is 53.6 Å². The number of amides is 1. The van der Waals surface area contributed by atoms with Crippen LogP contribution in [0.5, 0.6) is 0 Å². The van der Waals surface area contributed by atoms with Gasteiger partial charge in [-0.2, -0.15) is 5.10 Å². The van der Waals surface area contributed by atoms with Crippen molar-refractivity contribution in [1.82, 2.24) is 20.1 Å². The molecule has 1 aliphatic carbocycles. The van der Waals surface area contributed by atoms with Crippen molar-refractivity contribution >= 4 is 18.1 Å². The van der Waals surface area contributed by atoms with Crippen LogP contribution in [-0.2, 0) is 17.6 Å². The van der Waals surface area contributed by atoms with Crippen LogP contribution in [0, 0.1) is 4.77 Å². The zero-order valence-corrected chi connectivity index (χ0v) is 15.0. The number of aryl methyl sites for hydroxylation is 1. The van der Waals surface area contributed by atoms with Crippen molar-refractivity contribution in [3.8, 4) is 0 Å². The number of H-pyrrole nitrogens is 1. The van der Waals surface area contributed by atoms with Crippen molar-refractivity contribution in [2.75, 3.05) is 6.54 Å². The molecule has 1 aromatic heterocycles. The fraction of sp³-hybridized carbons (Fsp3) is 0.500. The van der Waals surface area contributed by atoms with Crippen LogP contribution >= 0.6 is 12.2 Å². The van der Waals surface area contributed by atoms with Crippen LogP contribution in [0.25, 0.3) is 0 Å². The second-order valence-electron chi connectivity index (χ2n) is 6.65. The largest absolute Gasteiger partial charge is 0.356 e. The van der Waals surface area contributed by atoms with Gasteiger partial charge in [-0.05, 0) is 56.0 Å². The molecule has 0 unspecified atom stereocenters. The fourth-order valence-corrected chi connectivity index (χ4v) is 3.88. The second-order valence-corrected chi connectivity index (χ2v) is 7.03. The second kappa shape index (κ2) is 7.30. The van der Waals surface area contributed by atoms with Gasteiger partial charge in [0.15, 0.2) is 4.77 Å². The number of hydrogen-bond donors (Lipinski definition) is 2. The van der Waals surface area contributed by atoms with Gasteiger partial charge >= 0.3 is 0 Å². The van der Waals surface area contributed by atoms with Crippen molar-refractivity contribution in [1.29, 1.82) is 0 Å². The first kappa shape index (κ1) is 16.9. The first-order valence-electron chi connectivity index (χ1n) is 8.56. The van der Waals surface area contributed by atoms with Crippen LogP contribution in [0.15, 0.2) is 24.3 Å². The summed E-state index contributed by atoms with van der Waals surface area (Å²) in [6.45, 7) is 4.73. The number of rotatable bonds is 6. The molecule has 128 valence electrons. The molecular formula is C18H24N4OS. The van der Waals surface area contributed by atoms with Gasteiger partial charge in [-0.3, -0.25) is 9.89 Å². The Hall–Kier alpha value is -1.95. The third kappa shape index (κ3) is 3.59. The maximum atomic E-state index is 12.3. The monoisotopic (exact) mass is 344 g/mol. The predicted molar refractivity (Wildman–Crippen MR) is 96.6 cm³/mol. The highest BCUT2D eigenvalue weighted by atomic mass is 32.1. The van der Waals surface area contributed by atoms with Crippen molar-refractivity contribution in [3.63, 3.8) is 0 Å². The van der Waals surface area contributed by atoms with Crippen LogP contribution in [0.3, 0.4) is 0 Å². The predicted octanol–water partition coefficient (Wildman–Crippen LogP) is 3.30. The molecule has 5 nitrogen and oxygen atoms in total. The molecule has 0 saturated carbocycles. The molecule has 0 fully saturated rings. The standard InChI is InChI=1S/C18H24N4OS/c1-12(2)22-16(20-21-18(22)24)9-10-19-17(23)11-14-8-7-13-5-3-4-6-15(13)14/h3-6,12,14H,7-11H2,1-2H3,(H,19,23)(H,21,24)/t14-/m0/s1. The molecule has 1 amide bonds. The van der Waals surface area contributed by atoms with E-state index in [0.717, 1.165) is 18.7 Å². The summed E-state index contributed by atoms with van der Waals surface area (Å²) in [5, 5.41) is 10.1. The molecule has 6 heteroatoms. The van der Waals surface area contributed by atoms with E-state index in [1.165, 1.54) is 11.1 Å². The van der Waals surface area contributed by atoms with Gasteiger partial charge in [-0.15, -0.1) is 0 Å². The Morgan fingerprint density at radius 2 is 2.25 bits per heavy atom. The maximum absolute atomic E-state index is 12.3. The molecule has 1 heterocycles. The zero-order valence-electron chi connectivity index (χ0n) is 14.2. The summed E-state index contributed by atoms with van der Waals surface area (Å²) in [5.41, 5.74) is 2.73. The molecule has 1 aromatic carbocycles. The Balaban J connectivity index is 1.51. The summed E-state index contributed by atoms with van der Waals surface area (Å²) in [4.78, 5) is 12.3. The minimum absolute atomic E-state index is 0.113. The van der Waals surface area contributed by atoms with E-state index >= 15 is 0 Å². The van der Waals surface area contributed by atoms with Crippen LogP contribution in [0.1, 0.15) is 55.6 Å². The number of fused-ring (bicyclic) bond motifs is 1. The molecule has 24 heavy (non-hydrogen) atoms. The minimum atomic E-state index is 0.113. The van der Waals surface area contributed by atoms with Crippen molar-refractivity contribution < 1.29 is 4.79 Å². The van der Waals surface area contributed by atoms with Crippen LogP contribution < -0.4 is 5.32 Å². The highest BCUT2D eigenvalue weighted by molar-refractivity contribution is 7.71. The quantitative estimate of drug-likeness (QED) is 0.790. The van der Waals surface area contributed by atoms with E-state index in [9.17, 15) is 4.79 Å². The fourth-order valence-electron chi connectivity index (χ4n) is 3.51. The molecule has 0 saturated heterocycles. The minimum Gasteiger partial charge on any atom is -0.356 e. The molecule has 2 N–H and O–H groups in total. The van der Waals surface area contributed by atoms with E-state index < -0.39 is 0 Å². The Kier molecular flexibility index (Phi) is 5.14.